The average Bonchev–Trinajstić information content (AvgIpc) is 3.16. The summed E-state index contributed by atoms with van der Waals surface area (Å²) < 4.78 is 22.3. The Morgan fingerprint density at radius 2 is 1.79 bits per heavy atom. The van der Waals surface area contributed by atoms with E-state index in [1.165, 1.54) is 46.7 Å². The summed E-state index contributed by atoms with van der Waals surface area (Å²) in [6.45, 7) is 0.203. The second-order valence-electron chi connectivity index (χ2n) is 9.54. The largest absolute Gasteiger partial charge is 0.436 e. The third-order valence-electron chi connectivity index (χ3n) is 6.22. The fourth-order valence-corrected chi connectivity index (χ4v) is 3.97. The van der Waals surface area contributed by atoms with Crippen molar-refractivity contribution in [3.8, 4) is 0 Å². The van der Waals surface area contributed by atoms with Gasteiger partial charge in [0.05, 0.1) is 6.54 Å². The van der Waals surface area contributed by atoms with Crippen LogP contribution in [0.4, 0.5) is 14.9 Å². The third kappa shape index (κ3) is 6.99. The summed E-state index contributed by atoms with van der Waals surface area (Å²) in [5, 5.41) is 3.32. The highest BCUT2D eigenvalue weighted by molar-refractivity contribution is 5.95. The number of rotatable bonds is 10. The number of carbonyl (C=O) groups is 3. The van der Waals surface area contributed by atoms with Gasteiger partial charge in [0, 0.05) is 64.5 Å². The third-order valence-corrected chi connectivity index (χ3v) is 6.22. The van der Waals surface area contributed by atoms with E-state index < -0.39 is 23.7 Å². The van der Waals surface area contributed by atoms with E-state index in [1.54, 1.807) is 32.4 Å². The summed E-state index contributed by atoms with van der Waals surface area (Å²) >= 11 is 0. The van der Waals surface area contributed by atoms with E-state index in [1.807, 2.05) is 17.7 Å². The number of unbranched alkanes of at least 4 members (excludes halogenated alkanes) is 1. The summed E-state index contributed by atoms with van der Waals surface area (Å²) in [7, 11) is 8.19. The standard InChI is InChI=1S/C27H34FN5O5/c1-30(2)24(34)11-7-6-10-23(38-27(37)31(3)4)25(35)29-21-9-8-14-33(26(21)36)17-20-16-18-15-19(28)12-13-22(18)32(20)5/h8-9,12-16,23H,6-7,10-11,17H2,1-5H3,(H,29,35)/t23-/m0/s1. The van der Waals surface area contributed by atoms with E-state index in [9.17, 15) is 23.6 Å². The van der Waals surface area contributed by atoms with Crippen molar-refractivity contribution >= 4 is 34.5 Å². The van der Waals surface area contributed by atoms with Crippen molar-refractivity contribution in [1.29, 1.82) is 0 Å². The molecule has 0 aliphatic heterocycles. The number of ether oxygens (including phenoxy) is 1. The highest BCUT2D eigenvalue weighted by Crippen LogP contribution is 2.20. The van der Waals surface area contributed by atoms with Crippen LogP contribution in [0.1, 0.15) is 31.4 Å². The zero-order chi connectivity index (χ0) is 28.0. The number of aromatic nitrogens is 2. The molecule has 0 spiro atoms. The number of aryl methyl sites for hydroxylation is 1. The van der Waals surface area contributed by atoms with Crippen LogP contribution in [0.3, 0.4) is 0 Å². The molecule has 10 nitrogen and oxygen atoms in total. The predicted octanol–water partition coefficient (Wildman–Crippen LogP) is 3.18. The van der Waals surface area contributed by atoms with Crippen molar-refractivity contribution < 1.29 is 23.5 Å². The molecular weight excluding hydrogens is 493 g/mol. The second kappa shape index (κ2) is 12.4. The lowest BCUT2D eigenvalue weighted by Crippen LogP contribution is -2.37. The maximum Gasteiger partial charge on any atom is 0.410 e. The highest BCUT2D eigenvalue weighted by atomic mass is 19.1. The van der Waals surface area contributed by atoms with Gasteiger partial charge < -0.3 is 29.0 Å². The lowest BCUT2D eigenvalue weighted by atomic mass is 10.1. The van der Waals surface area contributed by atoms with Gasteiger partial charge in [-0.3, -0.25) is 14.4 Å². The minimum atomic E-state index is -1.14. The van der Waals surface area contributed by atoms with Gasteiger partial charge in [-0.15, -0.1) is 0 Å². The Bertz CT molecular complexity index is 1380. The molecule has 0 unspecified atom stereocenters. The van der Waals surface area contributed by atoms with Gasteiger partial charge in [0.1, 0.15) is 11.5 Å². The number of pyridine rings is 1. The summed E-state index contributed by atoms with van der Waals surface area (Å²) in [6, 6.07) is 9.42. The Kier molecular flexibility index (Phi) is 9.27. The van der Waals surface area contributed by atoms with Crippen molar-refractivity contribution in [2.24, 2.45) is 7.05 Å². The molecule has 38 heavy (non-hydrogen) atoms. The topological polar surface area (TPSA) is 106 Å². The number of anilines is 1. The number of carbonyl (C=O) groups excluding carboxylic acids is 3. The zero-order valence-corrected chi connectivity index (χ0v) is 22.4. The molecule has 2 aromatic heterocycles. The van der Waals surface area contributed by atoms with Gasteiger partial charge in [-0.25, -0.2) is 9.18 Å². The number of benzene rings is 1. The number of nitrogens with zero attached hydrogens (tertiary/aromatic N) is 4. The normalized spacial score (nSPS) is 11.7. The Morgan fingerprint density at radius 1 is 1.05 bits per heavy atom. The summed E-state index contributed by atoms with van der Waals surface area (Å²) in [6.07, 6.45) is 1.27. The van der Waals surface area contributed by atoms with Gasteiger partial charge in [0.2, 0.25) is 5.91 Å². The first-order valence-corrected chi connectivity index (χ1v) is 12.3. The van der Waals surface area contributed by atoms with Crippen LogP contribution in [0.15, 0.2) is 47.4 Å². The van der Waals surface area contributed by atoms with Gasteiger partial charge in [-0.05, 0) is 55.7 Å². The molecule has 0 saturated heterocycles. The Morgan fingerprint density at radius 3 is 2.47 bits per heavy atom. The number of fused-ring (bicyclic) bond motifs is 1. The van der Waals surface area contributed by atoms with Crippen LogP contribution in [0.5, 0.6) is 0 Å². The van der Waals surface area contributed by atoms with Crippen LogP contribution < -0.4 is 10.9 Å². The second-order valence-corrected chi connectivity index (χ2v) is 9.54. The fourth-order valence-electron chi connectivity index (χ4n) is 3.97. The number of hydrogen-bond donors (Lipinski definition) is 1. The number of amides is 3. The van der Waals surface area contributed by atoms with Crippen molar-refractivity contribution in [1.82, 2.24) is 18.9 Å². The first-order chi connectivity index (χ1) is 18.0. The lowest BCUT2D eigenvalue weighted by molar-refractivity contribution is -0.128. The zero-order valence-electron chi connectivity index (χ0n) is 22.4. The molecule has 0 aliphatic carbocycles. The maximum absolute atomic E-state index is 13.6. The molecule has 1 atom stereocenters. The maximum atomic E-state index is 13.6. The molecule has 1 aromatic carbocycles. The van der Waals surface area contributed by atoms with Gasteiger partial charge in [-0.1, -0.05) is 0 Å². The minimum absolute atomic E-state index is 0.0302. The summed E-state index contributed by atoms with van der Waals surface area (Å²) in [4.78, 5) is 52.9. The van der Waals surface area contributed by atoms with Crippen LogP contribution in [-0.4, -0.2) is 71.1 Å². The van der Waals surface area contributed by atoms with E-state index in [0.717, 1.165) is 16.6 Å². The van der Waals surface area contributed by atoms with E-state index in [-0.39, 0.29) is 30.4 Å². The van der Waals surface area contributed by atoms with Crippen LogP contribution in [0.25, 0.3) is 10.9 Å². The molecule has 204 valence electrons. The first kappa shape index (κ1) is 28.4. The molecule has 3 rings (SSSR count). The number of hydrogen-bond acceptors (Lipinski definition) is 5. The van der Waals surface area contributed by atoms with Crippen molar-refractivity contribution in [2.75, 3.05) is 33.5 Å². The summed E-state index contributed by atoms with van der Waals surface area (Å²) in [5.41, 5.74) is 1.21. The fraction of sp³-hybridized carbons (Fsp3) is 0.407. The molecule has 0 bridgehead atoms. The van der Waals surface area contributed by atoms with E-state index in [0.29, 0.717) is 19.3 Å². The van der Waals surface area contributed by atoms with Crippen LogP contribution in [-0.2, 0) is 27.9 Å². The molecule has 0 aliphatic rings. The molecular formula is C27H34FN5O5. The van der Waals surface area contributed by atoms with Crippen LogP contribution in [0, 0.1) is 5.82 Å². The molecule has 11 heteroatoms. The van der Waals surface area contributed by atoms with Crippen molar-refractivity contribution in [3.63, 3.8) is 0 Å². The van der Waals surface area contributed by atoms with Crippen molar-refractivity contribution in [2.45, 2.75) is 38.3 Å². The SMILES string of the molecule is CN(C)C(=O)CCCC[C@H](OC(=O)N(C)C)C(=O)Nc1cccn(Cc2cc3cc(F)ccc3n2C)c1=O. The quantitative estimate of drug-likeness (QED) is 0.408. The molecule has 3 amide bonds. The highest BCUT2D eigenvalue weighted by Gasteiger charge is 2.25. The Hall–Kier alpha value is -4.15. The Labute approximate surface area is 220 Å². The van der Waals surface area contributed by atoms with Gasteiger partial charge in [-0.2, -0.15) is 0 Å². The van der Waals surface area contributed by atoms with Crippen LogP contribution in [0.2, 0.25) is 0 Å². The minimum Gasteiger partial charge on any atom is -0.436 e. The van der Waals surface area contributed by atoms with Gasteiger partial charge in [0.25, 0.3) is 11.5 Å². The van der Waals surface area contributed by atoms with E-state index in [4.69, 9.17) is 4.74 Å². The smallest absolute Gasteiger partial charge is 0.410 e. The van der Waals surface area contributed by atoms with Gasteiger partial charge in [0.15, 0.2) is 6.10 Å². The predicted molar refractivity (Wildman–Crippen MR) is 142 cm³/mol. The summed E-state index contributed by atoms with van der Waals surface area (Å²) in [5.74, 6) is -1.00. The van der Waals surface area contributed by atoms with Gasteiger partial charge >= 0.3 is 6.09 Å². The lowest BCUT2D eigenvalue weighted by Gasteiger charge is -2.20. The van der Waals surface area contributed by atoms with Crippen molar-refractivity contribution in [3.05, 3.63) is 64.5 Å². The van der Waals surface area contributed by atoms with E-state index in [2.05, 4.69) is 5.32 Å². The first-order valence-electron chi connectivity index (χ1n) is 12.3. The number of nitrogens with one attached hydrogen (secondary N) is 1. The molecule has 0 saturated carbocycles. The van der Waals surface area contributed by atoms with E-state index >= 15 is 0 Å². The molecule has 0 fully saturated rings. The molecule has 2 heterocycles. The molecule has 0 radical (unpaired) electrons. The monoisotopic (exact) mass is 527 g/mol. The Balaban J connectivity index is 1.75. The molecule has 3 aromatic rings. The molecule has 1 N–H and O–H groups in total. The van der Waals surface area contributed by atoms with Crippen LogP contribution >= 0.6 is 0 Å². The average molecular weight is 528 g/mol. The number of halogens is 1.